The Morgan fingerprint density at radius 3 is 2.10 bits per heavy atom. The molecule has 1 aromatic heterocycles. The average Bonchev–Trinajstić information content (AvgIpc) is 2.89. The van der Waals surface area contributed by atoms with E-state index in [0.717, 1.165) is 39.3 Å². The van der Waals surface area contributed by atoms with Gasteiger partial charge >= 0.3 is 0 Å². The molecular formula is C17H22FN3. The van der Waals surface area contributed by atoms with Crippen molar-refractivity contribution < 1.29 is 4.39 Å². The minimum Gasteiger partial charge on any atom is -0.353 e. The monoisotopic (exact) mass is 287 g/mol. The normalized spacial score (nSPS) is 17.2. The first-order chi connectivity index (χ1) is 10.2. The summed E-state index contributed by atoms with van der Waals surface area (Å²) in [4.78, 5) is 4.94. The van der Waals surface area contributed by atoms with E-state index in [1.165, 1.54) is 11.3 Å². The van der Waals surface area contributed by atoms with Gasteiger partial charge in [-0.2, -0.15) is 0 Å². The first-order valence-electron chi connectivity index (χ1n) is 7.50. The molecule has 21 heavy (non-hydrogen) atoms. The third-order valence-corrected chi connectivity index (χ3v) is 4.22. The van der Waals surface area contributed by atoms with E-state index in [9.17, 15) is 4.39 Å². The lowest BCUT2D eigenvalue weighted by Crippen LogP contribution is -2.45. The van der Waals surface area contributed by atoms with Crippen LogP contribution in [-0.2, 0) is 20.1 Å². The summed E-state index contributed by atoms with van der Waals surface area (Å²) in [5, 5.41) is 0. The Hall–Kier alpha value is -1.65. The van der Waals surface area contributed by atoms with Gasteiger partial charge in [-0.1, -0.05) is 12.1 Å². The second-order valence-corrected chi connectivity index (χ2v) is 5.79. The third kappa shape index (κ3) is 3.71. The Morgan fingerprint density at radius 2 is 1.52 bits per heavy atom. The summed E-state index contributed by atoms with van der Waals surface area (Å²) >= 11 is 0. The molecule has 112 valence electrons. The molecule has 1 aliphatic rings. The fourth-order valence-electron chi connectivity index (χ4n) is 2.84. The van der Waals surface area contributed by atoms with Crippen LogP contribution in [0.4, 0.5) is 4.39 Å². The number of rotatable bonds is 4. The largest absolute Gasteiger partial charge is 0.353 e. The van der Waals surface area contributed by atoms with Gasteiger partial charge in [-0.25, -0.2) is 4.39 Å². The molecule has 0 unspecified atom stereocenters. The van der Waals surface area contributed by atoms with Crippen molar-refractivity contribution in [1.29, 1.82) is 0 Å². The molecule has 2 heterocycles. The zero-order valence-corrected chi connectivity index (χ0v) is 12.5. The Balaban J connectivity index is 1.49. The fraction of sp³-hybridized carbons (Fsp3) is 0.412. The number of benzene rings is 1. The predicted octanol–water partition coefficient (Wildman–Crippen LogP) is 2.48. The molecule has 0 radical (unpaired) electrons. The van der Waals surface area contributed by atoms with Crippen molar-refractivity contribution in [1.82, 2.24) is 14.4 Å². The Bertz CT molecular complexity index is 568. The predicted molar refractivity (Wildman–Crippen MR) is 82.4 cm³/mol. The molecule has 3 rings (SSSR count). The van der Waals surface area contributed by atoms with Gasteiger partial charge in [0.25, 0.3) is 0 Å². The summed E-state index contributed by atoms with van der Waals surface area (Å²) in [6.07, 6.45) is 2.10. The van der Waals surface area contributed by atoms with Crippen molar-refractivity contribution in [3.05, 3.63) is 59.7 Å². The van der Waals surface area contributed by atoms with Crippen LogP contribution in [0.5, 0.6) is 0 Å². The SMILES string of the molecule is Cn1cccc1CN1CCN(Cc2ccc(F)cc2)CC1. The van der Waals surface area contributed by atoms with E-state index >= 15 is 0 Å². The molecule has 4 heteroatoms. The average molecular weight is 287 g/mol. The number of aryl methyl sites for hydroxylation is 1. The van der Waals surface area contributed by atoms with Crippen LogP contribution in [0.2, 0.25) is 0 Å². The van der Waals surface area contributed by atoms with E-state index in [1.807, 2.05) is 12.1 Å². The molecule has 0 atom stereocenters. The van der Waals surface area contributed by atoms with Crippen LogP contribution in [0, 0.1) is 5.82 Å². The van der Waals surface area contributed by atoms with Crippen LogP contribution in [0.25, 0.3) is 0 Å². The number of nitrogens with zero attached hydrogens (tertiary/aromatic N) is 3. The van der Waals surface area contributed by atoms with Gasteiger partial charge in [-0.3, -0.25) is 9.80 Å². The smallest absolute Gasteiger partial charge is 0.123 e. The van der Waals surface area contributed by atoms with Crippen molar-refractivity contribution in [3.63, 3.8) is 0 Å². The molecule has 0 aliphatic carbocycles. The van der Waals surface area contributed by atoms with Crippen LogP contribution in [0.1, 0.15) is 11.3 Å². The lowest BCUT2D eigenvalue weighted by atomic mass is 10.2. The molecule has 0 bridgehead atoms. The number of piperazine rings is 1. The van der Waals surface area contributed by atoms with Gasteiger partial charge in [-0.15, -0.1) is 0 Å². The van der Waals surface area contributed by atoms with E-state index in [2.05, 4.69) is 39.7 Å². The van der Waals surface area contributed by atoms with E-state index in [0.29, 0.717) is 0 Å². The summed E-state index contributed by atoms with van der Waals surface area (Å²) in [6.45, 7) is 6.26. The van der Waals surface area contributed by atoms with Gasteiger partial charge in [0.1, 0.15) is 5.82 Å². The molecule has 3 nitrogen and oxygen atoms in total. The fourth-order valence-corrected chi connectivity index (χ4v) is 2.84. The van der Waals surface area contributed by atoms with Crippen LogP contribution >= 0.6 is 0 Å². The number of aromatic nitrogens is 1. The van der Waals surface area contributed by atoms with Gasteiger partial charge in [0.15, 0.2) is 0 Å². The van der Waals surface area contributed by atoms with Crippen molar-refractivity contribution in [2.24, 2.45) is 7.05 Å². The summed E-state index contributed by atoms with van der Waals surface area (Å²) in [5.74, 6) is -0.161. The molecule has 0 N–H and O–H groups in total. The molecule has 1 aromatic carbocycles. The topological polar surface area (TPSA) is 11.4 Å². The van der Waals surface area contributed by atoms with Crippen molar-refractivity contribution in [2.45, 2.75) is 13.1 Å². The maximum Gasteiger partial charge on any atom is 0.123 e. The maximum absolute atomic E-state index is 12.9. The Morgan fingerprint density at radius 1 is 0.905 bits per heavy atom. The molecule has 1 fully saturated rings. The zero-order chi connectivity index (χ0) is 14.7. The van der Waals surface area contributed by atoms with E-state index in [-0.39, 0.29) is 5.82 Å². The summed E-state index contributed by atoms with van der Waals surface area (Å²) in [5.41, 5.74) is 2.55. The molecule has 1 saturated heterocycles. The highest BCUT2D eigenvalue weighted by Gasteiger charge is 2.17. The first-order valence-corrected chi connectivity index (χ1v) is 7.50. The second kappa shape index (κ2) is 6.41. The summed E-state index contributed by atoms with van der Waals surface area (Å²) < 4.78 is 15.1. The van der Waals surface area contributed by atoms with E-state index in [1.54, 1.807) is 12.1 Å². The molecule has 0 spiro atoms. The van der Waals surface area contributed by atoms with Gasteiger partial charge < -0.3 is 4.57 Å². The second-order valence-electron chi connectivity index (χ2n) is 5.79. The molecule has 2 aromatic rings. The molecule has 0 saturated carbocycles. The lowest BCUT2D eigenvalue weighted by Gasteiger charge is -2.34. The first kappa shape index (κ1) is 14.3. The number of hydrogen-bond donors (Lipinski definition) is 0. The van der Waals surface area contributed by atoms with Gasteiger partial charge in [0.05, 0.1) is 0 Å². The van der Waals surface area contributed by atoms with Crippen molar-refractivity contribution in [3.8, 4) is 0 Å². The standard InChI is InChI=1S/C17H22FN3/c1-19-8-2-3-17(19)14-21-11-9-20(10-12-21)13-15-4-6-16(18)7-5-15/h2-8H,9-14H2,1H3. The molecule has 1 aliphatic heterocycles. The minimum absolute atomic E-state index is 0.161. The van der Waals surface area contributed by atoms with Crippen LogP contribution in [-0.4, -0.2) is 40.5 Å². The zero-order valence-electron chi connectivity index (χ0n) is 12.5. The van der Waals surface area contributed by atoms with Crippen molar-refractivity contribution >= 4 is 0 Å². The Labute approximate surface area is 125 Å². The van der Waals surface area contributed by atoms with Crippen LogP contribution < -0.4 is 0 Å². The highest BCUT2D eigenvalue weighted by molar-refractivity contribution is 5.16. The van der Waals surface area contributed by atoms with Gasteiger partial charge in [-0.05, 0) is 29.8 Å². The number of halogens is 1. The van der Waals surface area contributed by atoms with E-state index in [4.69, 9.17) is 0 Å². The molecular weight excluding hydrogens is 265 g/mol. The van der Waals surface area contributed by atoms with Gasteiger partial charge in [0.2, 0.25) is 0 Å². The number of hydrogen-bond acceptors (Lipinski definition) is 2. The van der Waals surface area contributed by atoms with Gasteiger partial charge in [0, 0.05) is 58.2 Å². The lowest BCUT2D eigenvalue weighted by molar-refractivity contribution is 0.120. The summed E-state index contributed by atoms with van der Waals surface area (Å²) in [6, 6.07) is 11.1. The quantitative estimate of drug-likeness (QED) is 0.856. The van der Waals surface area contributed by atoms with Crippen molar-refractivity contribution in [2.75, 3.05) is 26.2 Å². The minimum atomic E-state index is -0.161. The third-order valence-electron chi connectivity index (χ3n) is 4.22. The highest BCUT2D eigenvalue weighted by atomic mass is 19.1. The molecule has 0 amide bonds. The van der Waals surface area contributed by atoms with E-state index < -0.39 is 0 Å². The summed E-state index contributed by atoms with van der Waals surface area (Å²) in [7, 11) is 2.10. The Kier molecular flexibility index (Phi) is 4.36. The maximum atomic E-state index is 12.9. The van der Waals surface area contributed by atoms with Crippen LogP contribution in [0.3, 0.4) is 0 Å². The highest BCUT2D eigenvalue weighted by Crippen LogP contribution is 2.12. The van der Waals surface area contributed by atoms with Crippen LogP contribution in [0.15, 0.2) is 42.6 Å².